The molecule has 13 heteroatoms. The van der Waals surface area contributed by atoms with Gasteiger partial charge < -0.3 is 24.4 Å². The number of hydrogen-bond acceptors (Lipinski definition) is 9. The van der Waals surface area contributed by atoms with E-state index in [-0.39, 0.29) is 55.6 Å². The molecule has 2 fully saturated rings. The number of cyclic esters (lactones) is 1. The highest BCUT2D eigenvalue weighted by Crippen LogP contribution is 2.30. The van der Waals surface area contributed by atoms with Crippen molar-refractivity contribution in [1.82, 2.24) is 14.7 Å². The van der Waals surface area contributed by atoms with Crippen LogP contribution in [0.5, 0.6) is 5.75 Å². The van der Waals surface area contributed by atoms with Crippen LogP contribution in [0, 0.1) is 5.82 Å². The number of fused-ring (bicyclic) bond motifs is 1. The number of nitrogens with one attached hydrogen (secondary N) is 1. The first-order chi connectivity index (χ1) is 20.4. The number of unbranched alkanes of at least 4 members (excludes halogenated alkanes) is 1. The second-order valence-electron chi connectivity index (χ2n) is 9.96. The zero-order valence-corrected chi connectivity index (χ0v) is 23.3. The summed E-state index contributed by atoms with van der Waals surface area (Å²) in [6, 6.07) is 7.25. The fraction of sp³-hybridized carbons (Fsp3) is 0.414. The van der Waals surface area contributed by atoms with Crippen LogP contribution in [0.2, 0.25) is 0 Å². The van der Waals surface area contributed by atoms with Crippen molar-refractivity contribution < 1.29 is 33.0 Å². The summed E-state index contributed by atoms with van der Waals surface area (Å²) in [7, 11) is 0. The van der Waals surface area contributed by atoms with Crippen LogP contribution in [0.25, 0.3) is 5.65 Å². The van der Waals surface area contributed by atoms with Gasteiger partial charge in [-0.05, 0) is 30.2 Å². The highest BCUT2D eigenvalue weighted by molar-refractivity contribution is 5.99. The Hall–Kier alpha value is -4.52. The SMILES string of the molecule is CCCCOc1c(C(=O)NCC(=O)Cc2ccc(F)cc2)nc2c(N3CCOC3=O)cc(N3CCOCC3)cn2c1=O. The van der Waals surface area contributed by atoms with Crippen LogP contribution < -0.4 is 25.4 Å². The van der Waals surface area contributed by atoms with Gasteiger partial charge in [0.1, 0.15) is 12.4 Å². The van der Waals surface area contributed by atoms with Crippen molar-refractivity contribution in [3.05, 3.63) is 64.0 Å². The van der Waals surface area contributed by atoms with Crippen molar-refractivity contribution in [3.63, 3.8) is 0 Å². The molecule has 0 aliphatic carbocycles. The number of pyridine rings is 1. The second kappa shape index (κ2) is 13.0. The van der Waals surface area contributed by atoms with Crippen LogP contribution >= 0.6 is 0 Å². The van der Waals surface area contributed by atoms with Gasteiger partial charge in [-0.25, -0.2) is 14.2 Å². The van der Waals surface area contributed by atoms with Gasteiger partial charge >= 0.3 is 11.7 Å². The summed E-state index contributed by atoms with van der Waals surface area (Å²) in [5.74, 6) is -1.77. The minimum absolute atomic E-state index is 0.0141. The van der Waals surface area contributed by atoms with E-state index in [1.165, 1.54) is 33.6 Å². The van der Waals surface area contributed by atoms with Gasteiger partial charge in [-0.2, -0.15) is 0 Å². The van der Waals surface area contributed by atoms with Crippen molar-refractivity contribution in [2.24, 2.45) is 0 Å². The predicted octanol–water partition coefficient (Wildman–Crippen LogP) is 2.35. The Morgan fingerprint density at radius 2 is 1.86 bits per heavy atom. The van der Waals surface area contributed by atoms with E-state index in [9.17, 15) is 23.6 Å². The molecule has 2 aliphatic rings. The number of carbonyl (C=O) groups excluding carboxylic acids is 3. The van der Waals surface area contributed by atoms with Crippen LogP contribution in [0.15, 0.2) is 41.3 Å². The van der Waals surface area contributed by atoms with E-state index >= 15 is 0 Å². The number of ketones is 1. The van der Waals surface area contributed by atoms with E-state index in [1.54, 1.807) is 12.3 Å². The number of amides is 2. The maximum absolute atomic E-state index is 13.9. The average Bonchev–Trinajstić information content (AvgIpc) is 3.43. The molecule has 3 aromatic rings. The van der Waals surface area contributed by atoms with Gasteiger partial charge in [0, 0.05) is 25.7 Å². The molecule has 0 atom stereocenters. The van der Waals surface area contributed by atoms with Gasteiger partial charge in [0.05, 0.1) is 44.3 Å². The molecule has 0 radical (unpaired) electrons. The first-order valence-corrected chi connectivity index (χ1v) is 13.9. The normalized spacial score (nSPS) is 15.1. The Morgan fingerprint density at radius 1 is 1.10 bits per heavy atom. The third-order valence-electron chi connectivity index (χ3n) is 7.00. The standard InChI is InChI=1S/C29H32FN5O7/c1-2-3-11-41-25-24(27(37)31-17-22(36)15-19-4-6-20(30)7-5-19)32-26-23(34-10-14-42-29(34)39)16-21(18-35(26)28(25)38)33-8-12-40-13-9-33/h4-7,16,18H,2-3,8-15,17H2,1H3,(H,31,37). The van der Waals surface area contributed by atoms with Crippen LogP contribution in [0.3, 0.4) is 0 Å². The predicted molar refractivity (Wildman–Crippen MR) is 151 cm³/mol. The first kappa shape index (κ1) is 29.0. The van der Waals surface area contributed by atoms with Crippen molar-refractivity contribution >= 4 is 34.8 Å². The molecule has 0 saturated carbocycles. The molecule has 1 aromatic carbocycles. The van der Waals surface area contributed by atoms with Gasteiger partial charge in [-0.3, -0.25) is 23.7 Å². The Morgan fingerprint density at radius 3 is 2.55 bits per heavy atom. The van der Waals surface area contributed by atoms with Gasteiger partial charge in [0.25, 0.3) is 5.91 Å². The smallest absolute Gasteiger partial charge is 0.414 e. The fourth-order valence-corrected chi connectivity index (χ4v) is 4.75. The lowest BCUT2D eigenvalue weighted by Crippen LogP contribution is -2.37. The molecule has 0 unspecified atom stereocenters. The fourth-order valence-electron chi connectivity index (χ4n) is 4.75. The number of ether oxygens (including phenoxy) is 3. The second-order valence-corrected chi connectivity index (χ2v) is 9.96. The molecule has 12 nitrogen and oxygen atoms in total. The number of benzene rings is 1. The van der Waals surface area contributed by atoms with Gasteiger partial charge in [-0.15, -0.1) is 0 Å². The summed E-state index contributed by atoms with van der Waals surface area (Å²) in [6.45, 7) is 4.40. The molecule has 42 heavy (non-hydrogen) atoms. The molecular weight excluding hydrogens is 549 g/mol. The summed E-state index contributed by atoms with van der Waals surface area (Å²) in [5, 5.41) is 2.53. The topological polar surface area (TPSA) is 132 Å². The molecule has 4 heterocycles. The monoisotopic (exact) mass is 581 g/mol. The third-order valence-corrected chi connectivity index (χ3v) is 7.00. The van der Waals surface area contributed by atoms with E-state index in [2.05, 4.69) is 10.3 Å². The molecule has 0 spiro atoms. The van der Waals surface area contributed by atoms with Crippen molar-refractivity contribution in [1.29, 1.82) is 0 Å². The lowest BCUT2D eigenvalue weighted by molar-refractivity contribution is -0.117. The summed E-state index contributed by atoms with van der Waals surface area (Å²) >= 11 is 0. The molecule has 2 aliphatic heterocycles. The van der Waals surface area contributed by atoms with Gasteiger partial charge in [-0.1, -0.05) is 25.5 Å². The van der Waals surface area contributed by atoms with Gasteiger partial charge in [0.2, 0.25) is 5.75 Å². The van der Waals surface area contributed by atoms with Crippen LogP contribution in [0.4, 0.5) is 20.6 Å². The lowest BCUT2D eigenvalue weighted by atomic mass is 10.1. The van der Waals surface area contributed by atoms with Crippen molar-refractivity contribution in [3.8, 4) is 5.75 Å². The zero-order valence-electron chi connectivity index (χ0n) is 23.3. The minimum atomic E-state index is -0.777. The highest BCUT2D eigenvalue weighted by atomic mass is 19.1. The number of carbonyl (C=O) groups is 3. The highest BCUT2D eigenvalue weighted by Gasteiger charge is 2.30. The van der Waals surface area contributed by atoms with E-state index in [0.29, 0.717) is 49.7 Å². The molecule has 222 valence electrons. The van der Waals surface area contributed by atoms with Crippen LogP contribution in [-0.2, 0) is 20.7 Å². The number of Topliss-reactive ketones (excluding diaryl/α,β-unsaturated/α-hetero) is 1. The molecule has 5 rings (SSSR count). The Bertz CT molecular complexity index is 1540. The van der Waals surface area contributed by atoms with E-state index in [1.807, 2.05) is 11.8 Å². The average molecular weight is 582 g/mol. The Balaban J connectivity index is 1.52. The van der Waals surface area contributed by atoms with Crippen molar-refractivity contribution in [2.75, 3.05) is 62.4 Å². The Kier molecular flexibility index (Phi) is 8.96. The number of hydrogen-bond donors (Lipinski definition) is 1. The largest absolute Gasteiger partial charge is 0.486 e. The van der Waals surface area contributed by atoms with E-state index < -0.39 is 23.4 Å². The number of anilines is 2. The number of nitrogens with zero attached hydrogens (tertiary/aromatic N) is 4. The molecule has 2 aromatic heterocycles. The molecule has 0 bridgehead atoms. The molecular formula is C29H32FN5O7. The quantitative estimate of drug-likeness (QED) is 0.339. The van der Waals surface area contributed by atoms with E-state index in [0.717, 1.165) is 6.42 Å². The lowest BCUT2D eigenvalue weighted by Gasteiger charge is -2.30. The summed E-state index contributed by atoms with van der Waals surface area (Å²) in [4.78, 5) is 60.3. The maximum atomic E-state index is 13.9. The molecule has 1 N–H and O–H groups in total. The van der Waals surface area contributed by atoms with Crippen molar-refractivity contribution in [2.45, 2.75) is 26.2 Å². The van der Waals surface area contributed by atoms with E-state index in [4.69, 9.17) is 14.2 Å². The Labute approximate surface area is 241 Å². The summed E-state index contributed by atoms with van der Waals surface area (Å²) in [6.07, 6.45) is 2.44. The third kappa shape index (κ3) is 6.35. The van der Waals surface area contributed by atoms with Crippen LogP contribution in [0.1, 0.15) is 35.8 Å². The number of aromatic nitrogens is 2. The minimum Gasteiger partial charge on any atom is -0.486 e. The van der Waals surface area contributed by atoms with Crippen LogP contribution in [-0.4, -0.2) is 79.8 Å². The molecule has 2 amide bonds. The van der Waals surface area contributed by atoms with Gasteiger partial charge in [0.15, 0.2) is 17.1 Å². The summed E-state index contributed by atoms with van der Waals surface area (Å²) in [5.41, 5.74) is 0.732. The maximum Gasteiger partial charge on any atom is 0.414 e. The number of morpholine rings is 1. The number of rotatable bonds is 11. The summed E-state index contributed by atoms with van der Waals surface area (Å²) < 4.78 is 30.9. The first-order valence-electron chi connectivity index (χ1n) is 13.9. The zero-order chi connectivity index (χ0) is 29.6. The number of halogens is 1. The molecule has 2 saturated heterocycles.